The van der Waals surface area contributed by atoms with Gasteiger partial charge in [0.2, 0.25) is 0 Å². The molecule has 104 valence electrons. The van der Waals surface area contributed by atoms with Crippen LogP contribution in [-0.4, -0.2) is 68.7 Å². The van der Waals surface area contributed by atoms with Crippen LogP contribution in [0, 0.1) is 0 Å². The van der Waals surface area contributed by atoms with Crippen molar-refractivity contribution in [2.24, 2.45) is 5.73 Å². The molecule has 0 aliphatic rings. The summed E-state index contributed by atoms with van der Waals surface area (Å²) in [4.78, 5) is 2.27. The molecule has 0 rings (SSSR count). The van der Waals surface area contributed by atoms with E-state index in [1.54, 1.807) is 14.2 Å². The van der Waals surface area contributed by atoms with Gasteiger partial charge in [-0.1, -0.05) is 0 Å². The van der Waals surface area contributed by atoms with E-state index in [1.165, 1.54) is 0 Å². The van der Waals surface area contributed by atoms with Crippen LogP contribution < -0.4 is 5.73 Å². The van der Waals surface area contributed by atoms with Crippen molar-refractivity contribution < 1.29 is 14.6 Å². The van der Waals surface area contributed by atoms with Crippen molar-refractivity contribution in [3.8, 4) is 0 Å². The van der Waals surface area contributed by atoms with Gasteiger partial charge in [-0.3, -0.25) is 4.90 Å². The summed E-state index contributed by atoms with van der Waals surface area (Å²) in [5.74, 6) is 0. The van der Waals surface area contributed by atoms with Gasteiger partial charge in [-0.15, -0.1) is 0 Å². The molecule has 0 spiro atoms. The highest BCUT2D eigenvalue weighted by atomic mass is 16.5. The quantitative estimate of drug-likeness (QED) is 0.572. The predicted molar refractivity (Wildman–Crippen MR) is 69.1 cm³/mol. The Morgan fingerprint density at radius 1 is 1.29 bits per heavy atom. The van der Waals surface area contributed by atoms with Crippen molar-refractivity contribution in [3.63, 3.8) is 0 Å². The number of aliphatic hydroxyl groups excluding tert-OH is 1. The number of ether oxygens (including phenoxy) is 2. The number of methoxy groups -OCH3 is 2. The van der Waals surface area contributed by atoms with Crippen LogP contribution in [0.5, 0.6) is 0 Å². The molecule has 0 radical (unpaired) electrons. The van der Waals surface area contributed by atoms with Crippen LogP contribution in [0.3, 0.4) is 0 Å². The van der Waals surface area contributed by atoms with E-state index in [0.29, 0.717) is 19.3 Å². The Hall–Kier alpha value is -0.200. The zero-order valence-corrected chi connectivity index (χ0v) is 11.6. The zero-order chi connectivity index (χ0) is 13.3. The Morgan fingerprint density at radius 3 is 2.41 bits per heavy atom. The van der Waals surface area contributed by atoms with Crippen molar-refractivity contribution >= 4 is 0 Å². The fourth-order valence-electron chi connectivity index (χ4n) is 1.59. The van der Waals surface area contributed by atoms with Crippen molar-refractivity contribution in [3.05, 3.63) is 0 Å². The van der Waals surface area contributed by atoms with E-state index in [1.807, 2.05) is 6.92 Å². The van der Waals surface area contributed by atoms with Crippen LogP contribution in [0.2, 0.25) is 0 Å². The minimum absolute atomic E-state index is 0.00375. The summed E-state index contributed by atoms with van der Waals surface area (Å²) in [7, 11) is 3.39. The Kier molecular flexibility index (Phi) is 8.72. The van der Waals surface area contributed by atoms with E-state index in [4.69, 9.17) is 20.3 Å². The van der Waals surface area contributed by atoms with Gasteiger partial charge in [-0.05, 0) is 20.3 Å². The summed E-state index contributed by atoms with van der Waals surface area (Å²) >= 11 is 0. The normalized spacial score (nSPS) is 17.1. The van der Waals surface area contributed by atoms with Gasteiger partial charge < -0.3 is 20.3 Å². The van der Waals surface area contributed by atoms with Gasteiger partial charge in [0.05, 0.1) is 19.8 Å². The molecule has 0 fully saturated rings. The molecule has 5 nitrogen and oxygen atoms in total. The molecule has 17 heavy (non-hydrogen) atoms. The third-order valence-corrected chi connectivity index (χ3v) is 2.95. The summed E-state index contributed by atoms with van der Waals surface area (Å²) in [5.41, 5.74) is 5.41. The molecule has 3 N–H and O–H groups in total. The second kappa shape index (κ2) is 8.83. The van der Waals surface area contributed by atoms with Crippen molar-refractivity contribution in [2.75, 3.05) is 47.1 Å². The molecule has 2 atom stereocenters. The Bertz CT molecular complexity index is 189. The minimum Gasteiger partial charge on any atom is -0.394 e. The number of aliphatic hydroxyl groups is 1. The summed E-state index contributed by atoms with van der Waals surface area (Å²) < 4.78 is 10.3. The van der Waals surface area contributed by atoms with Crippen molar-refractivity contribution in [2.45, 2.75) is 31.8 Å². The van der Waals surface area contributed by atoms with E-state index in [9.17, 15) is 0 Å². The van der Waals surface area contributed by atoms with Gasteiger partial charge in [-0.25, -0.2) is 0 Å². The van der Waals surface area contributed by atoms with Crippen LogP contribution in [0.4, 0.5) is 0 Å². The number of hydrogen-bond donors (Lipinski definition) is 2. The maximum Gasteiger partial charge on any atom is 0.0615 e. The molecule has 2 unspecified atom stereocenters. The van der Waals surface area contributed by atoms with Crippen LogP contribution >= 0.6 is 0 Å². The minimum atomic E-state index is -0.516. The standard InChI is InChI=1S/C12H28N2O3/c1-11(9-17-4)14(7-8-16-3)6-5-12(2,13)10-15/h11,15H,5-10,13H2,1-4H3. The van der Waals surface area contributed by atoms with Gasteiger partial charge in [0, 0.05) is 38.9 Å². The first kappa shape index (κ1) is 16.8. The topological polar surface area (TPSA) is 68.0 Å². The first-order valence-corrected chi connectivity index (χ1v) is 6.08. The smallest absolute Gasteiger partial charge is 0.0615 e. The maximum atomic E-state index is 9.13. The second-order valence-corrected chi connectivity index (χ2v) is 4.90. The highest BCUT2D eigenvalue weighted by Gasteiger charge is 2.20. The molecule has 5 heteroatoms. The summed E-state index contributed by atoms with van der Waals surface area (Å²) in [5, 5.41) is 9.13. The Morgan fingerprint density at radius 2 is 1.94 bits per heavy atom. The zero-order valence-electron chi connectivity index (χ0n) is 11.6. The van der Waals surface area contributed by atoms with Crippen LogP contribution in [0.1, 0.15) is 20.3 Å². The maximum absolute atomic E-state index is 9.13. The molecule has 0 aliphatic heterocycles. The summed E-state index contributed by atoms with van der Waals surface area (Å²) in [6.45, 7) is 7.04. The molecule has 0 aromatic carbocycles. The van der Waals surface area contributed by atoms with E-state index >= 15 is 0 Å². The third kappa shape index (κ3) is 7.68. The van der Waals surface area contributed by atoms with E-state index < -0.39 is 5.54 Å². The monoisotopic (exact) mass is 248 g/mol. The second-order valence-electron chi connectivity index (χ2n) is 4.90. The molecular formula is C12H28N2O3. The highest BCUT2D eigenvalue weighted by Crippen LogP contribution is 2.08. The molecule has 0 aromatic rings. The Balaban J connectivity index is 4.18. The number of rotatable bonds is 10. The van der Waals surface area contributed by atoms with Gasteiger partial charge in [0.15, 0.2) is 0 Å². The first-order valence-electron chi connectivity index (χ1n) is 6.08. The predicted octanol–water partition coefficient (Wildman–Crippen LogP) is 0.0695. The highest BCUT2D eigenvalue weighted by molar-refractivity contribution is 4.80. The SMILES string of the molecule is COCCN(CCC(C)(N)CO)C(C)COC. The molecule has 0 bridgehead atoms. The lowest BCUT2D eigenvalue weighted by Crippen LogP contribution is -2.46. The molecular weight excluding hydrogens is 220 g/mol. The summed E-state index contributed by atoms with van der Waals surface area (Å²) in [6, 6.07) is 0.324. The lowest BCUT2D eigenvalue weighted by Gasteiger charge is -2.31. The van der Waals surface area contributed by atoms with Crippen molar-refractivity contribution in [1.82, 2.24) is 4.90 Å². The summed E-state index contributed by atoms with van der Waals surface area (Å²) in [6.07, 6.45) is 0.751. The lowest BCUT2D eigenvalue weighted by atomic mass is 10.00. The largest absolute Gasteiger partial charge is 0.394 e. The third-order valence-electron chi connectivity index (χ3n) is 2.95. The van der Waals surface area contributed by atoms with E-state index in [-0.39, 0.29) is 6.61 Å². The molecule has 0 aromatic heterocycles. The Labute approximate surface area is 105 Å². The molecule has 0 aliphatic carbocycles. The number of nitrogens with two attached hydrogens (primary N) is 1. The first-order chi connectivity index (χ1) is 7.96. The van der Waals surface area contributed by atoms with Crippen LogP contribution in [0.15, 0.2) is 0 Å². The molecule has 0 heterocycles. The average Bonchev–Trinajstić information content (AvgIpc) is 2.29. The number of nitrogens with zero attached hydrogens (tertiary/aromatic N) is 1. The van der Waals surface area contributed by atoms with Crippen molar-refractivity contribution in [1.29, 1.82) is 0 Å². The van der Waals surface area contributed by atoms with E-state index in [0.717, 1.165) is 19.5 Å². The average molecular weight is 248 g/mol. The fourth-order valence-corrected chi connectivity index (χ4v) is 1.59. The van der Waals surface area contributed by atoms with Crippen LogP contribution in [-0.2, 0) is 9.47 Å². The molecule has 0 saturated heterocycles. The fraction of sp³-hybridized carbons (Fsp3) is 1.00. The number of hydrogen-bond acceptors (Lipinski definition) is 5. The van der Waals surface area contributed by atoms with Gasteiger partial charge >= 0.3 is 0 Å². The lowest BCUT2D eigenvalue weighted by molar-refractivity contribution is 0.0670. The van der Waals surface area contributed by atoms with Gasteiger partial charge in [-0.2, -0.15) is 0 Å². The molecule has 0 amide bonds. The van der Waals surface area contributed by atoms with Gasteiger partial charge in [0.1, 0.15) is 0 Å². The van der Waals surface area contributed by atoms with E-state index in [2.05, 4.69) is 11.8 Å². The van der Waals surface area contributed by atoms with Gasteiger partial charge in [0.25, 0.3) is 0 Å². The van der Waals surface area contributed by atoms with Crippen LogP contribution in [0.25, 0.3) is 0 Å². The molecule has 0 saturated carbocycles.